The molecule has 170 valence electrons. The highest BCUT2D eigenvalue weighted by Gasteiger charge is 2.25. The van der Waals surface area contributed by atoms with E-state index in [4.69, 9.17) is 25.9 Å². The molecule has 0 aliphatic carbocycles. The van der Waals surface area contributed by atoms with Crippen LogP contribution in [0.4, 0.5) is 4.79 Å². The summed E-state index contributed by atoms with van der Waals surface area (Å²) in [5.41, 5.74) is 1.49. The maximum atomic E-state index is 12.8. The number of oxime groups is 1. The van der Waals surface area contributed by atoms with Crippen LogP contribution < -0.4 is 15.4 Å². The number of nitrogens with one attached hydrogen (secondary N) is 2. The predicted molar refractivity (Wildman–Crippen MR) is 118 cm³/mol. The molecule has 0 radical (unpaired) electrons. The molecule has 1 aliphatic heterocycles. The molecule has 0 saturated heterocycles. The molecule has 10 heteroatoms. The number of amides is 2. The number of methoxy groups -OCH3 is 1. The standard InChI is InChI=1S/C22H24ClN3O6/c1-30-19-10-15(7-8-18(19)27)9-17(21(28)24-12-16-11-20(23)26-32-16)25-22(29)31-13-14-5-3-2-4-6-14/h2-8,10,16-17,27H,9,11-13H2,1H3,(H,24,28)(H,25,29)/t16?,17-/m0/s1. The van der Waals surface area contributed by atoms with Crippen LogP contribution in [-0.4, -0.2) is 48.1 Å². The molecule has 0 bridgehead atoms. The number of carbonyl (C=O) groups excluding carboxylic acids is 2. The van der Waals surface area contributed by atoms with E-state index in [2.05, 4.69) is 15.8 Å². The van der Waals surface area contributed by atoms with E-state index >= 15 is 0 Å². The Morgan fingerprint density at radius 2 is 2.03 bits per heavy atom. The summed E-state index contributed by atoms with van der Waals surface area (Å²) in [7, 11) is 1.43. The van der Waals surface area contributed by atoms with Gasteiger partial charge < -0.3 is 30.1 Å². The molecule has 0 aromatic heterocycles. The lowest BCUT2D eigenvalue weighted by Crippen LogP contribution is -2.49. The quantitative estimate of drug-likeness (QED) is 0.528. The van der Waals surface area contributed by atoms with E-state index in [9.17, 15) is 14.7 Å². The van der Waals surface area contributed by atoms with Crippen LogP contribution in [0.3, 0.4) is 0 Å². The highest BCUT2D eigenvalue weighted by atomic mass is 35.5. The summed E-state index contributed by atoms with van der Waals surface area (Å²) in [4.78, 5) is 30.3. The first-order valence-electron chi connectivity index (χ1n) is 9.93. The van der Waals surface area contributed by atoms with Gasteiger partial charge in [0.2, 0.25) is 5.91 Å². The van der Waals surface area contributed by atoms with Crippen molar-refractivity contribution in [2.45, 2.75) is 31.6 Å². The fraction of sp³-hybridized carbons (Fsp3) is 0.318. The van der Waals surface area contributed by atoms with Gasteiger partial charge in [0, 0.05) is 12.8 Å². The van der Waals surface area contributed by atoms with Crippen LogP contribution in [0.1, 0.15) is 17.5 Å². The van der Waals surface area contributed by atoms with E-state index in [-0.39, 0.29) is 37.2 Å². The maximum Gasteiger partial charge on any atom is 0.408 e. The predicted octanol–water partition coefficient (Wildman–Crippen LogP) is 2.70. The van der Waals surface area contributed by atoms with Crippen LogP contribution in [0, 0.1) is 0 Å². The average molecular weight is 462 g/mol. The fourth-order valence-electron chi connectivity index (χ4n) is 3.04. The third kappa shape index (κ3) is 6.78. The Morgan fingerprint density at radius 3 is 2.72 bits per heavy atom. The van der Waals surface area contributed by atoms with Crippen molar-refractivity contribution in [3.05, 3.63) is 59.7 Å². The number of rotatable bonds is 9. The SMILES string of the molecule is COc1cc(C[C@H](NC(=O)OCc2ccccc2)C(=O)NCC2CC(Cl)=NO2)ccc1O. The summed E-state index contributed by atoms with van der Waals surface area (Å²) in [5, 5.41) is 19.1. The minimum atomic E-state index is -0.940. The summed E-state index contributed by atoms with van der Waals surface area (Å²) in [6, 6.07) is 13.0. The largest absolute Gasteiger partial charge is 0.504 e. The molecule has 3 N–H and O–H groups in total. The van der Waals surface area contributed by atoms with E-state index in [0.29, 0.717) is 17.2 Å². The fourth-order valence-corrected chi connectivity index (χ4v) is 3.25. The Morgan fingerprint density at radius 1 is 1.25 bits per heavy atom. The smallest absolute Gasteiger partial charge is 0.408 e. The Hall–Kier alpha value is -3.46. The van der Waals surface area contributed by atoms with Crippen LogP contribution in [-0.2, 0) is 27.4 Å². The Labute approximate surface area is 190 Å². The molecule has 1 unspecified atom stereocenters. The Kier molecular flexibility index (Phi) is 8.15. The number of ether oxygens (including phenoxy) is 2. The lowest BCUT2D eigenvalue weighted by Gasteiger charge is -2.20. The minimum Gasteiger partial charge on any atom is -0.504 e. The van der Waals surface area contributed by atoms with E-state index in [1.165, 1.54) is 13.2 Å². The summed E-state index contributed by atoms with van der Waals surface area (Å²) in [6.45, 7) is 0.245. The van der Waals surface area contributed by atoms with Crippen molar-refractivity contribution in [3.8, 4) is 11.5 Å². The highest BCUT2D eigenvalue weighted by molar-refractivity contribution is 6.65. The van der Waals surface area contributed by atoms with Crippen LogP contribution in [0.2, 0.25) is 0 Å². The second kappa shape index (κ2) is 11.2. The number of aromatic hydroxyl groups is 1. The van der Waals surface area contributed by atoms with Gasteiger partial charge in [0.25, 0.3) is 0 Å². The first-order chi connectivity index (χ1) is 15.4. The second-order valence-corrected chi connectivity index (χ2v) is 7.55. The van der Waals surface area contributed by atoms with Gasteiger partial charge in [-0.25, -0.2) is 4.79 Å². The normalized spacial score (nSPS) is 15.8. The number of nitrogens with zero attached hydrogens (tertiary/aromatic N) is 1. The summed E-state index contributed by atoms with van der Waals surface area (Å²) >= 11 is 5.79. The van der Waals surface area contributed by atoms with Gasteiger partial charge in [0.05, 0.1) is 13.7 Å². The topological polar surface area (TPSA) is 118 Å². The zero-order chi connectivity index (χ0) is 22.9. The second-order valence-electron chi connectivity index (χ2n) is 7.11. The van der Waals surface area contributed by atoms with Gasteiger partial charge in [-0.1, -0.05) is 53.2 Å². The molecule has 2 atom stereocenters. The summed E-state index contributed by atoms with van der Waals surface area (Å²) < 4.78 is 10.4. The van der Waals surface area contributed by atoms with Crippen molar-refractivity contribution < 1.29 is 29.0 Å². The van der Waals surface area contributed by atoms with Gasteiger partial charge in [0.1, 0.15) is 17.8 Å². The van der Waals surface area contributed by atoms with Crippen LogP contribution in [0.25, 0.3) is 0 Å². The molecule has 2 amide bonds. The number of benzene rings is 2. The Balaban J connectivity index is 1.63. The summed E-state index contributed by atoms with van der Waals surface area (Å²) in [5.74, 6) is -0.192. The van der Waals surface area contributed by atoms with Crippen LogP contribution >= 0.6 is 11.6 Å². The number of phenolic OH excluding ortho intramolecular Hbond substituents is 1. The van der Waals surface area contributed by atoms with Crippen LogP contribution in [0.15, 0.2) is 53.7 Å². The lowest BCUT2D eigenvalue weighted by molar-refractivity contribution is -0.123. The van der Waals surface area contributed by atoms with Crippen LogP contribution in [0.5, 0.6) is 11.5 Å². The van der Waals surface area contributed by atoms with E-state index in [0.717, 1.165) is 5.56 Å². The van der Waals surface area contributed by atoms with E-state index in [1.54, 1.807) is 12.1 Å². The van der Waals surface area contributed by atoms with Gasteiger partial charge in [-0.15, -0.1) is 0 Å². The average Bonchev–Trinajstić information content (AvgIpc) is 3.22. The molecule has 0 fully saturated rings. The number of alkyl carbamates (subject to hydrolysis) is 1. The maximum absolute atomic E-state index is 12.8. The van der Waals surface area contributed by atoms with Gasteiger partial charge in [-0.2, -0.15) is 0 Å². The van der Waals surface area contributed by atoms with Gasteiger partial charge in [-0.05, 0) is 23.3 Å². The van der Waals surface area contributed by atoms with Gasteiger partial charge >= 0.3 is 6.09 Å². The zero-order valence-electron chi connectivity index (χ0n) is 17.4. The van der Waals surface area contributed by atoms with Crippen molar-refractivity contribution in [2.24, 2.45) is 5.16 Å². The molecule has 3 rings (SSSR count). The van der Waals surface area contributed by atoms with Gasteiger partial charge in [-0.3, -0.25) is 4.79 Å². The molecule has 0 spiro atoms. The lowest BCUT2D eigenvalue weighted by atomic mass is 10.0. The molecular formula is C22H24ClN3O6. The van der Waals surface area contributed by atoms with Crippen molar-refractivity contribution in [3.63, 3.8) is 0 Å². The molecule has 1 heterocycles. The number of phenols is 1. The van der Waals surface area contributed by atoms with Gasteiger partial charge in [0.15, 0.2) is 17.6 Å². The molecular weight excluding hydrogens is 438 g/mol. The minimum absolute atomic E-state index is 0.0252. The molecule has 9 nitrogen and oxygen atoms in total. The van der Waals surface area contributed by atoms with Crippen molar-refractivity contribution >= 4 is 28.8 Å². The molecule has 32 heavy (non-hydrogen) atoms. The molecule has 1 aliphatic rings. The van der Waals surface area contributed by atoms with E-state index < -0.39 is 18.0 Å². The van der Waals surface area contributed by atoms with Crippen molar-refractivity contribution in [2.75, 3.05) is 13.7 Å². The van der Waals surface area contributed by atoms with Crippen molar-refractivity contribution in [1.29, 1.82) is 0 Å². The number of hydrogen-bond donors (Lipinski definition) is 3. The third-order valence-corrected chi connectivity index (χ3v) is 4.93. The number of halogens is 1. The monoisotopic (exact) mass is 461 g/mol. The van der Waals surface area contributed by atoms with Crippen molar-refractivity contribution in [1.82, 2.24) is 10.6 Å². The van der Waals surface area contributed by atoms with E-state index in [1.807, 2.05) is 30.3 Å². The zero-order valence-corrected chi connectivity index (χ0v) is 18.2. The summed E-state index contributed by atoms with van der Waals surface area (Å²) in [6.07, 6.45) is -0.561. The Bertz CT molecular complexity index is 969. The third-order valence-electron chi connectivity index (χ3n) is 4.71. The first-order valence-corrected chi connectivity index (χ1v) is 10.3. The first kappa shape index (κ1) is 23.2. The highest BCUT2D eigenvalue weighted by Crippen LogP contribution is 2.26. The molecule has 2 aromatic carbocycles. The molecule has 0 saturated carbocycles. The number of carbonyl (C=O) groups is 2. The number of hydrogen-bond acceptors (Lipinski definition) is 7. The molecule has 2 aromatic rings.